The van der Waals surface area contributed by atoms with Crippen LogP contribution in [0.15, 0.2) is 48.5 Å². The Balaban J connectivity index is 1.90. The fraction of sp³-hybridized carbons (Fsp3) is 0.188. The highest BCUT2D eigenvalue weighted by atomic mass is 16.3. The number of anilines is 1. The van der Waals surface area contributed by atoms with Crippen LogP contribution >= 0.6 is 0 Å². The van der Waals surface area contributed by atoms with Gasteiger partial charge in [-0.15, -0.1) is 0 Å². The molecule has 0 aliphatic heterocycles. The first-order valence-corrected chi connectivity index (χ1v) is 6.67. The van der Waals surface area contributed by atoms with E-state index < -0.39 is 0 Å². The molecule has 110 valence electrons. The molecule has 4 N–H and O–H groups in total. The summed E-state index contributed by atoms with van der Waals surface area (Å²) in [7, 11) is 0. The fourth-order valence-electron chi connectivity index (χ4n) is 1.91. The van der Waals surface area contributed by atoms with Gasteiger partial charge in [-0.3, -0.25) is 4.79 Å². The van der Waals surface area contributed by atoms with Crippen LogP contribution in [-0.4, -0.2) is 28.7 Å². The third-order valence-corrected chi connectivity index (χ3v) is 2.93. The number of carbonyl (C=O) groups excluding carboxylic acids is 1. The van der Waals surface area contributed by atoms with Gasteiger partial charge >= 0.3 is 0 Å². The number of hydrogen-bond acceptors (Lipinski definition) is 4. The fourth-order valence-corrected chi connectivity index (χ4v) is 1.91. The highest BCUT2D eigenvalue weighted by Gasteiger charge is 2.11. The zero-order chi connectivity index (χ0) is 15.2. The van der Waals surface area contributed by atoms with Crippen LogP contribution in [0.25, 0.3) is 0 Å². The van der Waals surface area contributed by atoms with E-state index >= 15 is 0 Å². The lowest BCUT2D eigenvalue weighted by atomic mass is 10.1. The Bertz CT molecular complexity index is 594. The maximum absolute atomic E-state index is 12.0. The molecular weight excluding hydrogens is 268 g/mol. The molecule has 21 heavy (non-hydrogen) atoms. The highest BCUT2D eigenvalue weighted by molar-refractivity contribution is 5.95. The summed E-state index contributed by atoms with van der Waals surface area (Å²) in [6.07, 6.45) is 0. The lowest BCUT2D eigenvalue weighted by Gasteiger charge is -2.15. The predicted octanol–water partition coefficient (Wildman–Crippen LogP) is 2.33. The lowest BCUT2D eigenvalue weighted by molar-refractivity contribution is 0.0941. The summed E-state index contributed by atoms with van der Waals surface area (Å²) < 4.78 is 0. The number of phenolic OH excluding ortho intramolecular Hbond substituents is 2. The average Bonchev–Trinajstić information content (AvgIpc) is 2.45. The van der Waals surface area contributed by atoms with Gasteiger partial charge in [-0.1, -0.05) is 18.2 Å². The first-order chi connectivity index (χ1) is 10.0. The molecule has 1 amide bonds. The third kappa shape index (κ3) is 4.42. The summed E-state index contributed by atoms with van der Waals surface area (Å²) in [5, 5.41) is 24.8. The summed E-state index contributed by atoms with van der Waals surface area (Å²) in [5.74, 6) is -0.631. The number of benzene rings is 2. The molecule has 0 radical (unpaired) electrons. The number of hydrogen-bond donors (Lipinski definition) is 4. The molecule has 2 rings (SSSR count). The molecule has 0 bridgehead atoms. The van der Waals surface area contributed by atoms with Crippen LogP contribution in [0.3, 0.4) is 0 Å². The maximum Gasteiger partial charge on any atom is 0.251 e. The van der Waals surface area contributed by atoms with Gasteiger partial charge in [-0.2, -0.15) is 0 Å². The lowest BCUT2D eigenvalue weighted by Crippen LogP contribution is -2.37. The number of para-hydroxylation sites is 1. The van der Waals surface area contributed by atoms with E-state index in [1.807, 2.05) is 37.3 Å². The van der Waals surface area contributed by atoms with Gasteiger partial charge < -0.3 is 20.8 Å². The number of aromatic hydroxyl groups is 2. The third-order valence-electron chi connectivity index (χ3n) is 2.93. The molecule has 0 spiro atoms. The van der Waals surface area contributed by atoms with Crippen molar-refractivity contribution in [2.45, 2.75) is 13.0 Å². The zero-order valence-corrected chi connectivity index (χ0v) is 11.7. The van der Waals surface area contributed by atoms with Gasteiger partial charge in [0, 0.05) is 29.9 Å². The van der Waals surface area contributed by atoms with Crippen molar-refractivity contribution in [1.29, 1.82) is 0 Å². The van der Waals surface area contributed by atoms with Gasteiger partial charge in [0.2, 0.25) is 0 Å². The molecule has 1 atom stereocenters. The van der Waals surface area contributed by atoms with Crippen LogP contribution in [0.4, 0.5) is 5.69 Å². The molecule has 0 saturated heterocycles. The molecule has 5 heteroatoms. The Labute approximate surface area is 123 Å². The second-order valence-electron chi connectivity index (χ2n) is 4.86. The van der Waals surface area contributed by atoms with Crippen LogP contribution in [0.1, 0.15) is 17.3 Å². The average molecular weight is 286 g/mol. The maximum atomic E-state index is 12.0. The topological polar surface area (TPSA) is 81.6 Å². The standard InChI is InChI=1S/C16H18N2O3/c1-11(10-17-13-5-3-2-4-6-13)18-16(21)12-7-14(19)9-15(20)8-12/h2-9,11,17,19-20H,10H2,1H3,(H,18,21)/t11-/m0/s1. The minimum Gasteiger partial charge on any atom is -0.508 e. The molecule has 0 aromatic heterocycles. The van der Waals surface area contributed by atoms with E-state index in [2.05, 4.69) is 10.6 Å². The highest BCUT2D eigenvalue weighted by Crippen LogP contribution is 2.20. The van der Waals surface area contributed by atoms with Crippen molar-refractivity contribution >= 4 is 11.6 Å². The van der Waals surface area contributed by atoms with E-state index in [9.17, 15) is 15.0 Å². The van der Waals surface area contributed by atoms with Crippen molar-refractivity contribution < 1.29 is 15.0 Å². The van der Waals surface area contributed by atoms with Crippen LogP contribution in [-0.2, 0) is 0 Å². The quantitative estimate of drug-likeness (QED) is 0.680. The van der Waals surface area contributed by atoms with Crippen molar-refractivity contribution in [2.24, 2.45) is 0 Å². The van der Waals surface area contributed by atoms with E-state index in [4.69, 9.17) is 0 Å². The van der Waals surface area contributed by atoms with E-state index in [0.717, 1.165) is 5.69 Å². The molecule has 0 aliphatic carbocycles. The van der Waals surface area contributed by atoms with E-state index in [1.165, 1.54) is 18.2 Å². The Morgan fingerprint density at radius 3 is 2.33 bits per heavy atom. The SMILES string of the molecule is C[C@@H](CNc1ccccc1)NC(=O)c1cc(O)cc(O)c1. The minimum atomic E-state index is -0.344. The molecule has 5 nitrogen and oxygen atoms in total. The second-order valence-corrected chi connectivity index (χ2v) is 4.86. The second kappa shape index (κ2) is 6.65. The smallest absolute Gasteiger partial charge is 0.251 e. The van der Waals surface area contributed by atoms with Gasteiger partial charge in [0.15, 0.2) is 0 Å². The van der Waals surface area contributed by atoms with Gasteiger partial charge in [-0.05, 0) is 31.2 Å². The molecule has 0 heterocycles. The number of nitrogens with one attached hydrogen (secondary N) is 2. The molecule has 0 unspecified atom stereocenters. The summed E-state index contributed by atoms with van der Waals surface area (Å²) in [4.78, 5) is 12.0. The van der Waals surface area contributed by atoms with Crippen molar-refractivity contribution in [1.82, 2.24) is 5.32 Å². The molecule has 2 aromatic rings. The van der Waals surface area contributed by atoms with Crippen molar-refractivity contribution in [3.05, 3.63) is 54.1 Å². The number of phenols is 2. The summed E-state index contributed by atoms with van der Waals surface area (Å²) in [5.41, 5.74) is 1.20. The first kappa shape index (κ1) is 14.7. The van der Waals surface area contributed by atoms with Crippen molar-refractivity contribution in [3.8, 4) is 11.5 Å². The Kier molecular flexibility index (Phi) is 4.66. The summed E-state index contributed by atoms with van der Waals surface area (Å²) in [6.45, 7) is 2.44. The number of amides is 1. The molecule has 2 aromatic carbocycles. The van der Waals surface area contributed by atoms with Crippen LogP contribution < -0.4 is 10.6 Å². The van der Waals surface area contributed by atoms with E-state index in [1.54, 1.807) is 0 Å². The Morgan fingerprint density at radius 1 is 1.10 bits per heavy atom. The Morgan fingerprint density at radius 2 is 1.71 bits per heavy atom. The number of rotatable bonds is 5. The van der Waals surface area contributed by atoms with E-state index in [0.29, 0.717) is 6.54 Å². The zero-order valence-electron chi connectivity index (χ0n) is 11.7. The van der Waals surface area contributed by atoms with Gasteiger partial charge in [-0.25, -0.2) is 0 Å². The normalized spacial score (nSPS) is 11.7. The summed E-state index contributed by atoms with van der Waals surface area (Å²) in [6, 6.07) is 13.4. The first-order valence-electron chi connectivity index (χ1n) is 6.67. The minimum absolute atomic E-state index is 0.109. The van der Waals surface area contributed by atoms with Crippen LogP contribution in [0.2, 0.25) is 0 Å². The van der Waals surface area contributed by atoms with Gasteiger partial charge in [0.25, 0.3) is 5.91 Å². The van der Waals surface area contributed by atoms with Crippen LogP contribution in [0, 0.1) is 0 Å². The largest absolute Gasteiger partial charge is 0.508 e. The van der Waals surface area contributed by atoms with E-state index in [-0.39, 0.29) is 29.0 Å². The molecule has 0 saturated carbocycles. The monoisotopic (exact) mass is 286 g/mol. The summed E-state index contributed by atoms with van der Waals surface area (Å²) >= 11 is 0. The van der Waals surface area contributed by atoms with Gasteiger partial charge in [0.05, 0.1) is 0 Å². The predicted molar refractivity (Wildman–Crippen MR) is 81.6 cm³/mol. The molecular formula is C16H18N2O3. The number of carbonyl (C=O) groups is 1. The van der Waals surface area contributed by atoms with Crippen LogP contribution in [0.5, 0.6) is 11.5 Å². The Hall–Kier alpha value is -2.69. The van der Waals surface area contributed by atoms with Gasteiger partial charge in [0.1, 0.15) is 11.5 Å². The molecule has 0 fully saturated rings. The van der Waals surface area contributed by atoms with Crippen molar-refractivity contribution in [2.75, 3.05) is 11.9 Å². The van der Waals surface area contributed by atoms with Crippen molar-refractivity contribution in [3.63, 3.8) is 0 Å². The molecule has 0 aliphatic rings.